The van der Waals surface area contributed by atoms with Crippen molar-refractivity contribution in [2.75, 3.05) is 7.11 Å². The first-order valence-corrected chi connectivity index (χ1v) is 4.39. The molecule has 76 valence electrons. The zero-order valence-corrected chi connectivity index (χ0v) is 8.11. The lowest BCUT2D eigenvalue weighted by Crippen LogP contribution is -2.27. The average Bonchev–Trinajstić information content (AvgIpc) is 2.27. The number of ketones is 2. The molecule has 0 aromatic heterocycles. The molecule has 0 saturated carbocycles. The van der Waals surface area contributed by atoms with Crippen LogP contribution in [0.1, 0.15) is 20.7 Å². The van der Waals surface area contributed by atoms with Gasteiger partial charge in [-0.15, -0.1) is 0 Å². The van der Waals surface area contributed by atoms with Crippen LogP contribution in [0.4, 0.5) is 0 Å². The Hall–Kier alpha value is -2.10. The van der Waals surface area contributed by atoms with Gasteiger partial charge >= 0.3 is 0 Å². The minimum absolute atomic E-state index is 0.0706. The number of carbonyl (C=O) groups excluding carboxylic acids is 2. The van der Waals surface area contributed by atoms with Gasteiger partial charge < -0.3 is 10.5 Å². The van der Waals surface area contributed by atoms with E-state index in [-0.39, 0.29) is 23.0 Å². The highest BCUT2D eigenvalue weighted by Crippen LogP contribution is 2.23. The average molecular weight is 203 g/mol. The smallest absolute Gasteiger partial charge is 0.230 e. The predicted octanol–water partition coefficient (Wildman–Crippen LogP) is 0.882. The molecule has 1 aliphatic carbocycles. The second-order valence-corrected chi connectivity index (χ2v) is 3.15. The van der Waals surface area contributed by atoms with Gasteiger partial charge in [-0.25, -0.2) is 0 Å². The highest BCUT2D eigenvalue weighted by Gasteiger charge is 2.31. The number of ether oxygens (including phenoxy) is 1. The van der Waals surface area contributed by atoms with Crippen LogP contribution in [-0.2, 0) is 4.74 Å². The summed E-state index contributed by atoms with van der Waals surface area (Å²) in [5, 5.41) is 0. The molecule has 0 amide bonds. The maximum atomic E-state index is 11.8. The van der Waals surface area contributed by atoms with E-state index in [1.54, 1.807) is 24.3 Å². The summed E-state index contributed by atoms with van der Waals surface area (Å²) in [7, 11) is 1.32. The molecule has 0 bridgehead atoms. The number of hydrogen-bond donors (Lipinski definition) is 1. The Kier molecular flexibility index (Phi) is 2.04. The Morgan fingerprint density at radius 2 is 1.60 bits per heavy atom. The van der Waals surface area contributed by atoms with Crippen molar-refractivity contribution in [1.29, 1.82) is 0 Å². The van der Waals surface area contributed by atoms with Gasteiger partial charge in [0.2, 0.25) is 11.6 Å². The molecular formula is C11H9NO3. The van der Waals surface area contributed by atoms with Crippen LogP contribution in [0, 0.1) is 0 Å². The van der Waals surface area contributed by atoms with Gasteiger partial charge in [-0.1, -0.05) is 24.3 Å². The summed E-state index contributed by atoms with van der Waals surface area (Å²) < 4.78 is 4.83. The molecule has 0 saturated heterocycles. The first-order valence-electron chi connectivity index (χ1n) is 4.39. The normalized spacial score (nSPS) is 15.3. The van der Waals surface area contributed by atoms with E-state index in [2.05, 4.69) is 0 Å². The van der Waals surface area contributed by atoms with E-state index in [0.717, 1.165) is 0 Å². The quantitative estimate of drug-likeness (QED) is 0.735. The van der Waals surface area contributed by atoms with Crippen molar-refractivity contribution in [2.24, 2.45) is 5.73 Å². The van der Waals surface area contributed by atoms with Crippen LogP contribution in [-0.4, -0.2) is 18.7 Å². The van der Waals surface area contributed by atoms with Crippen molar-refractivity contribution < 1.29 is 14.3 Å². The van der Waals surface area contributed by atoms with Crippen LogP contribution < -0.4 is 5.73 Å². The fourth-order valence-electron chi connectivity index (χ4n) is 1.57. The van der Waals surface area contributed by atoms with Crippen molar-refractivity contribution >= 4 is 11.6 Å². The molecule has 0 unspecified atom stereocenters. The SMILES string of the molecule is COC1=C(N)C(=O)c2ccccc2C1=O. The summed E-state index contributed by atoms with van der Waals surface area (Å²) in [5.74, 6) is -0.772. The lowest BCUT2D eigenvalue weighted by Gasteiger charge is -2.16. The van der Waals surface area contributed by atoms with Gasteiger partial charge in [-0.3, -0.25) is 9.59 Å². The molecule has 0 fully saturated rings. The topological polar surface area (TPSA) is 69.4 Å². The summed E-state index contributed by atoms with van der Waals surface area (Å²) >= 11 is 0. The Bertz CT molecular complexity index is 488. The van der Waals surface area contributed by atoms with E-state index in [0.29, 0.717) is 11.1 Å². The van der Waals surface area contributed by atoms with Gasteiger partial charge in [0.1, 0.15) is 5.70 Å². The molecule has 1 aromatic rings. The third-order valence-corrected chi connectivity index (χ3v) is 2.32. The molecule has 0 atom stereocenters. The van der Waals surface area contributed by atoms with Crippen LogP contribution in [0.25, 0.3) is 0 Å². The number of carbonyl (C=O) groups is 2. The van der Waals surface area contributed by atoms with Crippen molar-refractivity contribution in [3.05, 3.63) is 46.8 Å². The minimum Gasteiger partial charge on any atom is -0.491 e. The van der Waals surface area contributed by atoms with E-state index in [1.165, 1.54) is 7.11 Å². The van der Waals surface area contributed by atoms with Gasteiger partial charge in [0.05, 0.1) is 7.11 Å². The molecule has 1 aromatic carbocycles. The first kappa shape index (κ1) is 9.45. The zero-order valence-electron chi connectivity index (χ0n) is 8.11. The summed E-state index contributed by atoms with van der Waals surface area (Å²) in [4.78, 5) is 23.5. The molecule has 4 nitrogen and oxygen atoms in total. The maximum absolute atomic E-state index is 11.8. The van der Waals surface area contributed by atoms with Crippen molar-refractivity contribution in [3.63, 3.8) is 0 Å². The standard InChI is InChI=1S/C11H9NO3/c1-15-11-8(12)9(13)6-4-2-3-5-7(6)10(11)14/h2-5H,12H2,1H3. The number of nitrogens with two attached hydrogens (primary N) is 1. The molecule has 2 rings (SSSR count). The molecule has 15 heavy (non-hydrogen) atoms. The summed E-state index contributed by atoms with van der Waals surface area (Å²) in [6.07, 6.45) is 0. The van der Waals surface area contributed by atoms with E-state index in [1.807, 2.05) is 0 Å². The summed E-state index contributed by atoms with van der Waals surface area (Å²) in [5.41, 5.74) is 6.07. The highest BCUT2D eigenvalue weighted by atomic mass is 16.5. The molecule has 2 N–H and O–H groups in total. The molecule has 0 heterocycles. The maximum Gasteiger partial charge on any atom is 0.230 e. The fourth-order valence-corrected chi connectivity index (χ4v) is 1.57. The van der Waals surface area contributed by atoms with Gasteiger partial charge in [0, 0.05) is 11.1 Å². The monoisotopic (exact) mass is 203 g/mol. The fraction of sp³-hybridized carbons (Fsp3) is 0.0909. The highest BCUT2D eigenvalue weighted by molar-refractivity contribution is 6.25. The number of allylic oxidation sites excluding steroid dienone is 2. The van der Waals surface area contributed by atoms with Crippen LogP contribution in [0.15, 0.2) is 35.7 Å². The van der Waals surface area contributed by atoms with Gasteiger partial charge in [-0.05, 0) is 0 Å². The van der Waals surface area contributed by atoms with Crippen LogP contribution >= 0.6 is 0 Å². The third kappa shape index (κ3) is 1.22. The van der Waals surface area contributed by atoms with Crippen molar-refractivity contribution in [2.45, 2.75) is 0 Å². The number of Topliss-reactive ketones (excluding diaryl/α,β-unsaturated/α-hetero) is 2. The van der Waals surface area contributed by atoms with Gasteiger partial charge in [-0.2, -0.15) is 0 Å². The van der Waals surface area contributed by atoms with Crippen LogP contribution in [0.2, 0.25) is 0 Å². The number of benzene rings is 1. The van der Waals surface area contributed by atoms with Crippen molar-refractivity contribution in [1.82, 2.24) is 0 Å². The second-order valence-electron chi connectivity index (χ2n) is 3.15. The Balaban J connectivity index is 2.68. The molecule has 1 aliphatic rings. The molecule has 0 radical (unpaired) electrons. The Labute approximate surface area is 86.3 Å². The Morgan fingerprint density at radius 1 is 1.07 bits per heavy atom. The number of rotatable bonds is 1. The van der Waals surface area contributed by atoms with E-state index in [9.17, 15) is 9.59 Å². The number of fused-ring (bicyclic) bond motifs is 1. The van der Waals surface area contributed by atoms with Crippen LogP contribution in [0.3, 0.4) is 0 Å². The lowest BCUT2D eigenvalue weighted by molar-refractivity contribution is 0.0905. The minimum atomic E-state index is -0.359. The van der Waals surface area contributed by atoms with Gasteiger partial charge in [0.25, 0.3) is 0 Å². The lowest BCUT2D eigenvalue weighted by atomic mass is 9.92. The van der Waals surface area contributed by atoms with Gasteiger partial charge in [0.15, 0.2) is 5.76 Å². The zero-order chi connectivity index (χ0) is 11.0. The molecule has 0 spiro atoms. The van der Waals surface area contributed by atoms with Crippen LogP contribution in [0.5, 0.6) is 0 Å². The summed E-state index contributed by atoms with van der Waals surface area (Å²) in [6.45, 7) is 0. The predicted molar refractivity (Wildman–Crippen MR) is 53.3 cm³/mol. The van der Waals surface area contributed by atoms with Crippen molar-refractivity contribution in [3.8, 4) is 0 Å². The molecule has 4 heteroatoms. The molecular weight excluding hydrogens is 194 g/mol. The second kappa shape index (κ2) is 3.24. The third-order valence-electron chi connectivity index (χ3n) is 2.32. The number of hydrogen-bond acceptors (Lipinski definition) is 4. The number of methoxy groups -OCH3 is 1. The first-order chi connectivity index (χ1) is 7.16. The molecule has 0 aliphatic heterocycles. The van der Waals surface area contributed by atoms with E-state index in [4.69, 9.17) is 10.5 Å². The summed E-state index contributed by atoms with van der Waals surface area (Å²) in [6, 6.07) is 6.55. The Morgan fingerprint density at radius 3 is 2.13 bits per heavy atom. The largest absolute Gasteiger partial charge is 0.491 e. The van der Waals surface area contributed by atoms with E-state index < -0.39 is 0 Å². The van der Waals surface area contributed by atoms with E-state index >= 15 is 0 Å².